The highest BCUT2D eigenvalue weighted by Gasteiger charge is 2.35. The maximum atomic E-state index is 12.2. The van der Waals surface area contributed by atoms with E-state index in [-0.39, 0.29) is 11.8 Å². The summed E-state index contributed by atoms with van der Waals surface area (Å²) < 4.78 is 26.2. The molecule has 0 aromatic rings. The third kappa shape index (κ3) is 3.93. The normalized spacial score (nSPS) is 31.6. The number of rotatable bonds is 5. The molecule has 17 heavy (non-hydrogen) atoms. The maximum Gasteiger partial charge on any atom is 0.215 e. The molecule has 0 aromatic carbocycles. The molecule has 0 amide bonds. The van der Waals surface area contributed by atoms with Crippen molar-refractivity contribution >= 4 is 10.0 Å². The SMILES string of the molecule is CCNCCS(=O)(=O)N1CC(C)CC(C)C1C. The number of piperidine rings is 1. The molecule has 3 atom stereocenters. The first-order valence-corrected chi connectivity index (χ1v) is 8.19. The summed E-state index contributed by atoms with van der Waals surface area (Å²) in [5, 5.41) is 3.07. The number of hydrogen-bond donors (Lipinski definition) is 1. The van der Waals surface area contributed by atoms with E-state index in [1.54, 1.807) is 4.31 Å². The van der Waals surface area contributed by atoms with Crippen LogP contribution in [0.5, 0.6) is 0 Å². The number of nitrogens with zero attached hydrogens (tertiary/aromatic N) is 1. The largest absolute Gasteiger partial charge is 0.316 e. The summed E-state index contributed by atoms with van der Waals surface area (Å²) in [6.45, 7) is 10.3. The summed E-state index contributed by atoms with van der Waals surface area (Å²) in [7, 11) is -3.10. The van der Waals surface area contributed by atoms with Crippen LogP contribution in [0.25, 0.3) is 0 Å². The van der Waals surface area contributed by atoms with Crippen molar-refractivity contribution in [2.75, 3.05) is 25.4 Å². The predicted octanol–water partition coefficient (Wildman–Crippen LogP) is 1.29. The van der Waals surface area contributed by atoms with Crippen molar-refractivity contribution in [3.05, 3.63) is 0 Å². The zero-order valence-electron chi connectivity index (χ0n) is 11.4. The summed E-state index contributed by atoms with van der Waals surface area (Å²) >= 11 is 0. The molecule has 1 N–H and O–H groups in total. The lowest BCUT2D eigenvalue weighted by Gasteiger charge is -2.40. The molecular formula is C12H26N2O2S. The maximum absolute atomic E-state index is 12.2. The molecule has 5 heteroatoms. The van der Waals surface area contributed by atoms with Crippen LogP contribution >= 0.6 is 0 Å². The van der Waals surface area contributed by atoms with E-state index in [0.717, 1.165) is 13.0 Å². The highest BCUT2D eigenvalue weighted by molar-refractivity contribution is 7.89. The molecule has 1 heterocycles. The van der Waals surface area contributed by atoms with Gasteiger partial charge in [-0.2, -0.15) is 4.31 Å². The van der Waals surface area contributed by atoms with Crippen LogP contribution in [0, 0.1) is 11.8 Å². The van der Waals surface area contributed by atoms with E-state index in [9.17, 15) is 8.42 Å². The quantitative estimate of drug-likeness (QED) is 0.760. The zero-order chi connectivity index (χ0) is 13.1. The van der Waals surface area contributed by atoms with E-state index < -0.39 is 10.0 Å². The molecule has 1 aliphatic rings. The van der Waals surface area contributed by atoms with E-state index in [2.05, 4.69) is 19.2 Å². The van der Waals surface area contributed by atoms with E-state index in [1.807, 2.05) is 13.8 Å². The Hall–Kier alpha value is -0.130. The van der Waals surface area contributed by atoms with Crippen LogP contribution in [-0.2, 0) is 10.0 Å². The molecule has 102 valence electrons. The second kappa shape index (κ2) is 6.16. The Balaban J connectivity index is 2.68. The van der Waals surface area contributed by atoms with Gasteiger partial charge in [-0.3, -0.25) is 0 Å². The lowest BCUT2D eigenvalue weighted by molar-refractivity contribution is 0.157. The third-order valence-electron chi connectivity index (χ3n) is 3.69. The zero-order valence-corrected chi connectivity index (χ0v) is 12.3. The van der Waals surface area contributed by atoms with E-state index in [1.165, 1.54) is 0 Å². The Morgan fingerprint density at radius 2 is 1.94 bits per heavy atom. The van der Waals surface area contributed by atoms with Gasteiger partial charge >= 0.3 is 0 Å². The molecule has 1 rings (SSSR count). The van der Waals surface area contributed by atoms with Gasteiger partial charge in [-0.25, -0.2) is 8.42 Å². The van der Waals surface area contributed by atoms with Gasteiger partial charge in [0, 0.05) is 19.1 Å². The molecule has 0 saturated carbocycles. The summed E-state index contributed by atoms with van der Waals surface area (Å²) in [6, 6.07) is 0.137. The summed E-state index contributed by atoms with van der Waals surface area (Å²) in [5.41, 5.74) is 0. The highest BCUT2D eigenvalue weighted by atomic mass is 32.2. The van der Waals surface area contributed by atoms with Crippen molar-refractivity contribution in [1.29, 1.82) is 0 Å². The van der Waals surface area contributed by atoms with E-state index in [0.29, 0.717) is 24.9 Å². The first kappa shape index (κ1) is 14.9. The third-order valence-corrected chi connectivity index (χ3v) is 5.60. The van der Waals surface area contributed by atoms with Crippen molar-refractivity contribution < 1.29 is 8.42 Å². The Kier molecular flexibility index (Phi) is 5.41. The smallest absolute Gasteiger partial charge is 0.215 e. The molecule has 1 fully saturated rings. The summed E-state index contributed by atoms with van der Waals surface area (Å²) in [4.78, 5) is 0. The minimum Gasteiger partial charge on any atom is -0.316 e. The molecule has 0 aromatic heterocycles. The standard InChI is InChI=1S/C12H26N2O2S/c1-5-13-6-7-17(15,16)14-9-10(2)8-11(3)12(14)4/h10-13H,5-9H2,1-4H3. The minimum absolute atomic E-state index is 0.137. The summed E-state index contributed by atoms with van der Waals surface area (Å²) in [6.07, 6.45) is 1.13. The number of nitrogens with one attached hydrogen (secondary N) is 1. The molecular weight excluding hydrogens is 236 g/mol. The van der Waals surface area contributed by atoms with Crippen molar-refractivity contribution in [2.45, 2.75) is 40.2 Å². The Morgan fingerprint density at radius 1 is 1.29 bits per heavy atom. The Morgan fingerprint density at radius 3 is 2.53 bits per heavy atom. The van der Waals surface area contributed by atoms with Gasteiger partial charge in [0.1, 0.15) is 0 Å². The Bertz CT molecular complexity index is 329. The summed E-state index contributed by atoms with van der Waals surface area (Å²) in [5.74, 6) is 1.13. The molecule has 0 aliphatic carbocycles. The van der Waals surface area contributed by atoms with Crippen molar-refractivity contribution in [1.82, 2.24) is 9.62 Å². The van der Waals surface area contributed by atoms with Crippen LogP contribution in [0.3, 0.4) is 0 Å². The lowest BCUT2D eigenvalue weighted by atomic mass is 9.88. The van der Waals surface area contributed by atoms with Crippen LogP contribution in [0.15, 0.2) is 0 Å². The van der Waals surface area contributed by atoms with E-state index >= 15 is 0 Å². The minimum atomic E-state index is -3.10. The fourth-order valence-corrected chi connectivity index (χ4v) is 4.36. The lowest BCUT2D eigenvalue weighted by Crippen LogP contribution is -2.50. The van der Waals surface area contributed by atoms with Gasteiger partial charge in [-0.05, 0) is 31.7 Å². The van der Waals surface area contributed by atoms with Crippen LogP contribution in [-0.4, -0.2) is 44.2 Å². The average molecular weight is 262 g/mol. The molecule has 1 saturated heterocycles. The molecule has 1 aliphatic heterocycles. The van der Waals surface area contributed by atoms with Gasteiger partial charge < -0.3 is 5.32 Å². The number of hydrogen-bond acceptors (Lipinski definition) is 3. The second-order valence-electron chi connectivity index (χ2n) is 5.30. The van der Waals surface area contributed by atoms with Gasteiger partial charge in [0.15, 0.2) is 0 Å². The van der Waals surface area contributed by atoms with Gasteiger partial charge in [0.2, 0.25) is 10.0 Å². The molecule has 0 radical (unpaired) electrons. The molecule has 0 spiro atoms. The second-order valence-corrected chi connectivity index (χ2v) is 7.34. The van der Waals surface area contributed by atoms with Gasteiger partial charge in [0.05, 0.1) is 5.75 Å². The molecule has 4 nitrogen and oxygen atoms in total. The monoisotopic (exact) mass is 262 g/mol. The molecule has 0 bridgehead atoms. The van der Waals surface area contributed by atoms with E-state index in [4.69, 9.17) is 0 Å². The first-order chi connectivity index (χ1) is 7.88. The average Bonchev–Trinajstić information content (AvgIpc) is 2.23. The first-order valence-electron chi connectivity index (χ1n) is 6.58. The van der Waals surface area contributed by atoms with Gasteiger partial charge in [-0.1, -0.05) is 20.8 Å². The van der Waals surface area contributed by atoms with Gasteiger partial charge in [0.25, 0.3) is 0 Å². The van der Waals surface area contributed by atoms with Crippen molar-refractivity contribution in [3.8, 4) is 0 Å². The van der Waals surface area contributed by atoms with Crippen LogP contribution < -0.4 is 5.32 Å². The molecule has 3 unspecified atom stereocenters. The Labute approximate surface area is 106 Å². The van der Waals surface area contributed by atoms with Crippen LogP contribution in [0.4, 0.5) is 0 Å². The van der Waals surface area contributed by atoms with Crippen LogP contribution in [0.2, 0.25) is 0 Å². The topological polar surface area (TPSA) is 49.4 Å². The van der Waals surface area contributed by atoms with Gasteiger partial charge in [-0.15, -0.1) is 0 Å². The van der Waals surface area contributed by atoms with Crippen LogP contribution in [0.1, 0.15) is 34.1 Å². The predicted molar refractivity (Wildman–Crippen MR) is 71.4 cm³/mol. The fourth-order valence-electron chi connectivity index (χ4n) is 2.53. The fraction of sp³-hybridized carbons (Fsp3) is 1.00. The van der Waals surface area contributed by atoms with Crippen molar-refractivity contribution in [3.63, 3.8) is 0 Å². The highest BCUT2D eigenvalue weighted by Crippen LogP contribution is 2.28. The van der Waals surface area contributed by atoms with Crippen molar-refractivity contribution in [2.24, 2.45) is 11.8 Å². The number of sulfonamides is 1.